The smallest absolute Gasteiger partial charge is 0.305 e. The van der Waals surface area contributed by atoms with Crippen molar-refractivity contribution in [1.29, 1.82) is 0 Å². The Kier molecular flexibility index (Phi) is 9.83. The molecule has 6 heteroatoms. The molecule has 40 heavy (non-hydrogen) atoms. The SMILES string of the molecule is Cc1ccc(CCN(CCC(=O)O)C(=O)c2ccccc2-c2ccccc2C(=O)NCCc2ccccc2)cc1. The van der Waals surface area contributed by atoms with Crippen molar-refractivity contribution in [3.8, 4) is 11.1 Å². The number of benzene rings is 4. The van der Waals surface area contributed by atoms with Crippen molar-refractivity contribution in [2.24, 2.45) is 0 Å². The maximum absolute atomic E-state index is 13.9. The van der Waals surface area contributed by atoms with Gasteiger partial charge in [0.05, 0.1) is 6.42 Å². The molecule has 0 heterocycles. The summed E-state index contributed by atoms with van der Waals surface area (Å²) in [6, 6.07) is 32.5. The lowest BCUT2D eigenvalue weighted by Crippen LogP contribution is -2.35. The average Bonchev–Trinajstić information content (AvgIpc) is 2.98. The molecule has 0 aromatic heterocycles. The van der Waals surface area contributed by atoms with Crippen LogP contribution in [0.4, 0.5) is 0 Å². The first-order valence-corrected chi connectivity index (χ1v) is 13.5. The highest BCUT2D eigenvalue weighted by Gasteiger charge is 2.22. The van der Waals surface area contributed by atoms with Gasteiger partial charge in [0.15, 0.2) is 0 Å². The maximum atomic E-state index is 13.9. The number of carboxylic acids is 1. The number of carboxylic acid groups (broad SMARTS) is 1. The van der Waals surface area contributed by atoms with Crippen LogP contribution in [0.1, 0.15) is 43.8 Å². The van der Waals surface area contributed by atoms with E-state index < -0.39 is 5.97 Å². The van der Waals surface area contributed by atoms with E-state index in [-0.39, 0.29) is 24.8 Å². The van der Waals surface area contributed by atoms with Gasteiger partial charge in [-0.25, -0.2) is 0 Å². The second-order valence-corrected chi connectivity index (χ2v) is 9.75. The van der Waals surface area contributed by atoms with Gasteiger partial charge in [-0.2, -0.15) is 0 Å². The van der Waals surface area contributed by atoms with Crippen LogP contribution in [0.5, 0.6) is 0 Å². The Bertz CT molecular complexity index is 1450. The zero-order chi connectivity index (χ0) is 28.3. The van der Waals surface area contributed by atoms with Gasteiger partial charge in [0, 0.05) is 30.8 Å². The molecule has 6 nitrogen and oxygen atoms in total. The van der Waals surface area contributed by atoms with E-state index in [9.17, 15) is 19.5 Å². The summed E-state index contributed by atoms with van der Waals surface area (Å²) in [7, 11) is 0. The summed E-state index contributed by atoms with van der Waals surface area (Å²) in [6.45, 7) is 2.98. The Balaban J connectivity index is 1.56. The molecule has 2 amide bonds. The third kappa shape index (κ3) is 7.67. The van der Waals surface area contributed by atoms with Gasteiger partial charge in [0.1, 0.15) is 0 Å². The lowest BCUT2D eigenvalue weighted by Gasteiger charge is -2.24. The molecule has 0 saturated heterocycles. The molecule has 0 aliphatic rings. The van der Waals surface area contributed by atoms with E-state index in [0.717, 1.165) is 16.7 Å². The molecule has 4 aromatic carbocycles. The van der Waals surface area contributed by atoms with Crippen LogP contribution in [0.25, 0.3) is 11.1 Å². The molecule has 2 N–H and O–H groups in total. The zero-order valence-electron chi connectivity index (χ0n) is 22.7. The molecule has 0 spiro atoms. The average molecular weight is 535 g/mol. The lowest BCUT2D eigenvalue weighted by molar-refractivity contribution is -0.137. The molecule has 0 aliphatic carbocycles. The Morgan fingerprint density at radius 1 is 0.675 bits per heavy atom. The van der Waals surface area contributed by atoms with E-state index in [2.05, 4.69) is 5.32 Å². The molecule has 0 saturated carbocycles. The molecule has 0 aliphatic heterocycles. The van der Waals surface area contributed by atoms with Gasteiger partial charge in [-0.15, -0.1) is 0 Å². The first-order chi connectivity index (χ1) is 19.4. The van der Waals surface area contributed by atoms with Gasteiger partial charge in [-0.1, -0.05) is 96.6 Å². The standard InChI is InChI=1S/C34H34N2O4/c1-25-15-17-27(18-16-25)20-23-36(24-21-32(37)38)34(40)31-14-8-6-12-29(31)28-11-5-7-13-30(28)33(39)35-22-19-26-9-3-2-4-10-26/h2-18H,19-24H2,1H3,(H,35,39)(H,37,38). The van der Waals surface area contributed by atoms with Crippen LogP contribution >= 0.6 is 0 Å². The number of aryl methyl sites for hydroxylation is 1. The van der Waals surface area contributed by atoms with E-state index in [4.69, 9.17) is 0 Å². The van der Waals surface area contributed by atoms with Gasteiger partial charge in [-0.3, -0.25) is 14.4 Å². The van der Waals surface area contributed by atoms with Crippen LogP contribution in [0, 0.1) is 6.92 Å². The van der Waals surface area contributed by atoms with Crippen LogP contribution in [0.15, 0.2) is 103 Å². The highest BCUT2D eigenvalue weighted by atomic mass is 16.4. The molecular weight excluding hydrogens is 500 g/mol. The van der Waals surface area contributed by atoms with Crippen molar-refractivity contribution in [3.63, 3.8) is 0 Å². The number of rotatable bonds is 12. The first kappa shape index (κ1) is 28.3. The van der Waals surface area contributed by atoms with E-state index >= 15 is 0 Å². The predicted octanol–water partition coefficient (Wildman–Crippen LogP) is 5.79. The summed E-state index contributed by atoms with van der Waals surface area (Å²) in [5.41, 5.74) is 5.56. The number of carbonyl (C=O) groups excluding carboxylic acids is 2. The highest BCUT2D eigenvalue weighted by molar-refractivity contribution is 6.06. The Morgan fingerprint density at radius 3 is 1.93 bits per heavy atom. The third-order valence-electron chi connectivity index (χ3n) is 6.84. The molecule has 0 fully saturated rings. The monoisotopic (exact) mass is 534 g/mol. The second-order valence-electron chi connectivity index (χ2n) is 9.75. The molecule has 4 rings (SSSR count). The van der Waals surface area contributed by atoms with Crippen LogP contribution < -0.4 is 5.32 Å². The summed E-state index contributed by atoms with van der Waals surface area (Å²) in [6.07, 6.45) is 1.17. The molecular formula is C34H34N2O4. The lowest BCUT2D eigenvalue weighted by atomic mass is 9.94. The zero-order valence-corrected chi connectivity index (χ0v) is 22.7. The fourth-order valence-electron chi connectivity index (χ4n) is 4.62. The van der Waals surface area contributed by atoms with Crippen molar-refractivity contribution >= 4 is 17.8 Å². The summed E-state index contributed by atoms with van der Waals surface area (Å²) in [4.78, 5) is 40.1. The molecule has 0 radical (unpaired) electrons. The summed E-state index contributed by atoms with van der Waals surface area (Å²) >= 11 is 0. The number of amides is 2. The quantitative estimate of drug-likeness (QED) is 0.241. The summed E-state index contributed by atoms with van der Waals surface area (Å²) in [5.74, 6) is -1.43. The minimum absolute atomic E-state index is 0.0932. The van der Waals surface area contributed by atoms with Gasteiger partial charge in [0.25, 0.3) is 11.8 Å². The Hall–Kier alpha value is -4.71. The normalized spacial score (nSPS) is 10.6. The minimum Gasteiger partial charge on any atom is -0.481 e. The fourth-order valence-corrected chi connectivity index (χ4v) is 4.62. The summed E-state index contributed by atoms with van der Waals surface area (Å²) < 4.78 is 0. The van der Waals surface area contributed by atoms with Crippen LogP contribution in [0.2, 0.25) is 0 Å². The fraction of sp³-hybridized carbons (Fsp3) is 0.206. The maximum Gasteiger partial charge on any atom is 0.305 e. The van der Waals surface area contributed by atoms with Gasteiger partial charge < -0.3 is 15.3 Å². The van der Waals surface area contributed by atoms with Crippen LogP contribution in [0.3, 0.4) is 0 Å². The predicted molar refractivity (Wildman–Crippen MR) is 157 cm³/mol. The number of aliphatic carboxylic acids is 1. The first-order valence-electron chi connectivity index (χ1n) is 13.5. The minimum atomic E-state index is -0.959. The number of nitrogens with zero attached hydrogens (tertiary/aromatic N) is 1. The van der Waals surface area contributed by atoms with Crippen molar-refractivity contribution in [3.05, 3.63) is 131 Å². The molecule has 204 valence electrons. The van der Waals surface area contributed by atoms with E-state index in [1.807, 2.05) is 85.8 Å². The van der Waals surface area contributed by atoms with Crippen molar-refractivity contribution in [2.75, 3.05) is 19.6 Å². The van der Waals surface area contributed by atoms with Gasteiger partial charge in [-0.05, 0) is 54.2 Å². The molecule has 4 aromatic rings. The van der Waals surface area contributed by atoms with Crippen molar-refractivity contribution in [2.45, 2.75) is 26.2 Å². The second kappa shape index (κ2) is 13.9. The van der Waals surface area contributed by atoms with Crippen molar-refractivity contribution in [1.82, 2.24) is 10.2 Å². The number of hydrogen-bond donors (Lipinski definition) is 2. The van der Waals surface area contributed by atoms with E-state index in [1.54, 1.807) is 29.2 Å². The molecule has 0 atom stereocenters. The summed E-state index contributed by atoms with van der Waals surface area (Å²) in [5, 5.41) is 12.3. The number of nitrogens with one attached hydrogen (secondary N) is 1. The van der Waals surface area contributed by atoms with Gasteiger partial charge in [0.2, 0.25) is 0 Å². The molecule has 0 unspecified atom stereocenters. The Morgan fingerprint density at radius 2 is 1.25 bits per heavy atom. The van der Waals surface area contributed by atoms with Gasteiger partial charge >= 0.3 is 5.97 Å². The molecule has 0 bridgehead atoms. The van der Waals surface area contributed by atoms with Crippen LogP contribution in [-0.2, 0) is 17.6 Å². The highest BCUT2D eigenvalue weighted by Crippen LogP contribution is 2.28. The van der Waals surface area contributed by atoms with Crippen LogP contribution in [-0.4, -0.2) is 47.4 Å². The van der Waals surface area contributed by atoms with E-state index in [0.29, 0.717) is 48.2 Å². The van der Waals surface area contributed by atoms with E-state index in [1.165, 1.54) is 0 Å². The third-order valence-corrected chi connectivity index (χ3v) is 6.84. The Labute approximate surface area is 235 Å². The largest absolute Gasteiger partial charge is 0.481 e. The van der Waals surface area contributed by atoms with Crippen molar-refractivity contribution < 1.29 is 19.5 Å². The number of hydrogen-bond acceptors (Lipinski definition) is 3. The number of carbonyl (C=O) groups is 3. The topological polar surface area (TPSA) is 86.7 Å².